The fourth-order valence-electron chi connectivity index (χ4n) is 1.70. The minimum Gasteiger partial charge on any atom is -0.497 e. The summed E-state index contributed by atoms with van der Waals surface area (Å²) < 4.78 is 4.99. The Labute approximate surface area is 121 Å². The first-order valence-electron chi connectivity index (χ1n) is 6.29. The summed E-state index contributed by atoms with van der Waals surface area (Å²) in [5, 5.41) is 19.8. The molecule has 7 nitrogen and oxygen atoms in total. The van der Waals surface area contributed by atoms with Crippen molar-refractivity contribution in [1.82, 2.24) is 5.32 Å². The maximum absolute atomic E-state index is 11.8. The molecule has 3 N–H and O–H groups in total. The third kappa shape index (κ3) is 5.94. The molecular weight excluding hydrogens is 278 g/mol. The van der Waals surface area contributed by atoms with Crippen LogP contribution in [0.2, 0.25) is 0 Å². The normalized spacial score (nSPS) is 11.5. The molecule has 0 spiro atoms. The lowest BCUT2D eigenvalue weighted by atomic mass is 10.1. The summed E-state index contributed by atoms with van der Waals surface area (Å²) in [6, 6.07) is 5.59. The fraction of sp³-hybridized carbons (Fsp3) is 0.357. The predicted octanol–water partition coefficient (Wildman–Crippen LogP) is 0.672. The molecule has 0 fully saturated rings. The number of carboxylic acid groups (broad SMARTS) is 2. The van der Waals surface area contributed by atoms with E-state index in [2.05, 4.69) is 5.32 Å². The predicted molar refractivity (Wildman–Crippen MR) is 73.1 cm³/mol. The van der Waals surface area contributed by atoms with Crippen LogP contribution in [-0.4, -0.2) is 41.2 Å². The Balaban J connectivity index is 2.56. The van der Waals surface area contributed by atoms with Crippen molar-refractivity contribution in [2.75, 3.05) is 7.11 Å². The van der Waals surface area contributed by atoms with Gasteiger partial charge >= 0.3 is 11.9 Å². The van der Waals surface area contributed by atoms with Gasteiger partial charge in [-0.15, -0.1) is 0 Å². The summed E-state index contributed by atoms with van der Waals surface area (Å²) in [5.74, 6) is -2.17. The summed E-state index contributed by atoms with van der Waals surface area (Å²) >= 11 is 0. The van der Waals surface area contributed by atoms with Gasteiger partial charge in [-0.05, 0) is 24.1 Å². The summed E-state index contributed by atoms with van der Waals surface area (Å²) in [5.41, 5.74) is 0.704. The number of aliphatic carboxylic acids is 2. The van der Waals surface area contributed by atoms with Gasteiger partial charge in [0.1, 0.15) is 11.8 Å². The third-order valence-corrected chi connectivity index (χ3v) is 2.80. The average molecular weight is 295 g/mol. The van der Waals surface area contributed by atoms with Crippen LogP contribution in [0.1, 0.15) is 18.4 Å². The van der Waals surface area contributed by atoms with Crippen LogP contribution in [0, 0.1) is 0 Å². The van der Waals surface area contributed by atoms with Crippen LogP contribution < -0.4 is 10.1 Å². The van der Waals surface area contributed by atoms with Crippen LogP contribution in [0.15, 0.2) is 24.3 Å². The Morgan fingerprint density at radius 3 is 2.29 bits per heavy atom. The number of ether oxygens (including phenoxy) is 1. The first kappa shape index (κ1) is 16.5. The number of rotatable bonds is 8. The molecule has 0 aliphatic carbocycles. The smallest absolute Gasteiger partial charge is 0.326 e. The van der Waals surface area contributed by atoms with Gasteiger partial charge < -0.3 is 20.3 Å². The van der Waals surface area contributed by atoms with Crippen LogP contribution in [0.25, 0.3) is 0 Å². The van der Waals surface area contributed by atoms with Gasteiger partial charge in [0, 0.05) is 6.42 Å². The lowest BCUT2D eigenvalue weighted by molar-refractivity contribution is -0.143. The van der Waals surface area contributed by atoms with E-state index >= 15 is 0 Å². The number of carboxylic acids is 2. The largest absolute Gasteiger partial charge is 0.497 e. The molecule has 0 aliphatic heterocycles. The molecule has 1 aromatic carbocycles. The van der Waals surface area contributed by atoms with Gasteiger partial charge in [0.25, 0.3) is 0 Å². The second-order valence-electron chi connectivity index (χ2n) is 4.42. The zero-order chi connectivity index (χ0) is 15.8. The van der Waals surface area contributed by atoms with E-state index in [0.717, 1.165) is 0 Å². The molecule has 0 radical (unpaired) electrons. The van der Waals surface area contributed by atoms with Crippen LogP contribution in [0.4, 0.5) is 0 Å². The molecule has 114 valence electrons. The lowest BCUT2D eigenvalue weighted by Crippen LogP contribution is -2.41. The van der Waals surface area contributed by atoms with E-state index in [0.29, 0.717) is 11.3 Å². The Morgan fingerprint density at radius 1 is 1.19 bits per heavy atom. The van der Waals surface area contributed by atoms with Crippen molar-refractivity contribution in [2.45, 2.75) is 25.3 Å². The molecule has 0 aromatic heterocycles. The summed E-state index contributed by atoms with van der Waals surface area (Å²) in [4.78, 5) is 33.2. The van der Waals surface area contributed by atoms with E-state index < -0.39 is 23.9 Å². The first-order valence-corrected chi connectivity index (χ1v) is 6.29. The summed E-state index contributed by atoms with van der Waals surface area (Å²) in [6.07, 6.45) is -0.459. The molecule has 1 aromatic rings. The number of carbonyl (C=O) groups excluding carboxylic acids is 1. The highest BCUT2D eigenvalue weighted by Gasteiger charge is 2.20. The van der Waals surface area contributed by atoms with E-state index in [4.69, 9.17) is 14.9 Å². The average Bonchev–Trinajstić information content (AvgIpc) is 2.43. The second-order valence-corrected chi connectivity index (χ2v) is 4.42. The number of hydrogen-bond donors (Lipinski definition) is 3. The Bertz CT molecular complexity index is 511. The molecular formula is C14H17NO6. The Morgan fingerprint density at radius 2 is 1.81 bits per heavy atom. The quantitative estimate of drug-likeness (QED) is 0.649. The monoisotopic (exact) mass is 295 g/mol. The van der Waals surface area contributed by atoms with Gasteiger partial charge in [0.15, 0.2) is 0 Å². The van der Waals surface area contributed by atoms with Gasteiger partial charge in [-0.2, -0.15) is 0 Å². The van der Waals surface area contributed by atoms with Crippen molar-refractivity contribution in [2.24, 2.45) is 0 Å². The van der Waals surface area contributed by atoms with Crippen LogP contribution in [-0.2, 0) is 20.8 Å². The van der Waals surface area contributed by atoms with Gasteiger partial charge in [0.05, 0.1) is 13.5 Å². The van der Waals surface area contributed by atoms with E-state index in [1.54, 1.807) is 24.3 Å². The molecule has 0 saturated heterocycles. The fourth-order valence-corrected chi connectivity index (χ4v) is 1.70. The minimum absolute atomic E-state index is 0.0147. The Kier molecular flexibility index (Phi) is 6.19. The van der Waals surface area contributed by atoms with Gasteiger partial charge in [-0.1, -0.05) is 12.1 Å². The summed E-state index contributed by atoms with van der Waals surface area (Å²) in [6.45, 7) is 0. The highest BCUT2D eigenvalue weighted by atomic mass is 16.5. The maximum Gasteiger partial charge on any atom is 0.326 e. The van der Waals surface area contributed by atoms with Gasteiger partial charge in [-0.25, -0.2) is 4.79 Å². The molecule has 1 unspecified atom stereocenters. The molecule has 21 heavy (non-hydrogen) atoms. The van der Waals surface area contributed by atoms with Crippen molar-refractivity contribution in [3.63, 3.8) is 0 Å². The molecule has 0 heterocycles. The molecule has 0 saturated carbocycles. The Hall–Kier alpha value is -2.57. The van der Waals surface area contributed by atoms with Crippen molar-refractivity contribution >= 4 is 17.8 Å². The molecule has 0 bridgehead atoms. The van der Waals surface area contributed by atoms with Crippen LogP contribution in [0.5, 0.6) is 5.75 Å². The van der Waals surface area contributed by atoms with Crippen molar-refractivity contribution in [3.8, 4) is 5.75 Å². The molecule has 0 aliphatic rings. The van der Waals surface area contributed by atoms with Crippen molar-refractivity contribution < 1.29 is 29.3 Å². The maximum atomic E-state index is 11.8. The zero-order valence-corrected chi connectivity index (χ0v) is 11.5. The van der Waals surface area contributed by atoms with Crippen LogP contribution >= 0.6 is 0 Å². The summed E-state index contributed by atoms with van der Waals surface area (Å²) in [7, 11) is 1.53. The molecule has 1 amide bonds. The van der Waals surface area contributed by atoms with E-state index in [1.807, 2.05) is 0 Å². The number of hydrogen-bond acceptors (Lipinski definition) is 4. The topological polar surface area (TPSA) is 113 Å². The highest BCUT2D eigenvalue weighted by Crippen LogP contribution is 2.11. The van der Waals surface area contributed by atoms with Crippen molar-refractivity contribution in [3.05, 3.63) is 29.8 Å². The number of methoxy groups -OCH3 is 1. The minimum atomic E-state index is -1.25. The number of benzene rings is 1. The first-order chi connectivity index (χ1) is 9.92. The SMILES string of the molecule is COc1ccc(CC(=O)NC(CCC(=O)O)C(=O)O)cc1. The number of nitrogens with one attached hydrogen (secondary N) is 1. The number of amides is 1. The van der Waals surface area contributed by atoms with E-state index in [-0.39, 0.29) is 19.3 Å². The highest BCUT2D eigenvalue weighted by molar-refractivity contribution is 5.85. The van der Waals surface area contributed by atoms with E-state index in [9.17, 15) is 14.4 Å². The number of carbonyl (C=O) groups is 3. The van der Waals surface area contributed by atoms with E-state index in [1.165, 1.54) is 7.11 Å². The molecule has 7 heteroatoms. The molecule has 1 rings (SSSR count). The van der Waals surface area contributed by atoms with Gasteiger partial charge in [0.2, 0.25) is 5.91 Å². The third-order valence-electron chi connectivity index (χ3n) is 2.80. The zero-order valence-electron chi connectivity index (χ0n) is 11.5. The van der Waals surface area contributed by atoms with Gasteiger partial charge in [-0.3, -0.25) is 9.59 Å². The van der Waals surface area contributed by atoms with Crippen molar-refractivity contribution in [1.29, 1.82) is 0 Å². The second kappa shape index (κ2) is 7.88. The standard InChI is InChI=1S/C14H17NO6/c1-21-10-4-2-9(3-5-10)8-12(16)15-11(14(19)20)6-7-13(17)18/h2-5,11H,6-8H2,1H3,(H,15,16)(H,17,18)(H,19,20). The lowest BCUT2D eigenvalue weighted by Gasteiger charge is -2.13. The van der Waals surface area contributed by atoms with Crippen LogP contribution in [0.3, 0.4) is 0 Å². The molecule has 1 atom stereocenters.